The van der Waals surface area contributed by atoms with E-state index in [1.54, 1.807) is 6.33 Å². The number of rotatable bonds is 4. The van der Waals surface area contributed by atoms with Crippen LogP contribution in [0.4, 0.5) is 11.6 Å². The number of anilines is 2. The molecule has 0 bridgehead atoms. The average Bonchev–Trinajstić information content (AvgIpc) is 3.44. The van der Waals surface area contributed by atoms with Crippen molar-refractivity contribution in [1.82, 2.24) is 15.0 Å². The molecule has 0 spiro atoms. The molecule has 0 amide bonds. The van der Waals surface area contributed by atoms with Crippen molar-refractivity contribution in [1.29, 1.82) is 5.26 Å². The molecule has 0 aromatic carbocycles. The third-order valence-electron chi connectivity index (χ3n) is 6.03. The molecule has 2 aliphatic carbocycles. The minimum absolute atomic E-state index is 0.414. The summed E-state index contributed by atoms with van der Waals surface area (Å²) < 4.78 is 0. The van der Waals surface area contributed by atoms with Gasteiger partial charge in [0.25, 0.3) is 0 Å². The van der Waals surface area contributed by atoms with Crippen molar-refractivity contribution in [3.8, 4) is 6.07 Å². The van der Waals surface area contributed by atoms with Crippen LogP contribution in [0.25, 0.3) is 0 Å². The van der Waals surface area contributed by atoms with Gasteiger partial charge in [0.2, 0.25) is 0 Å². The maximum Gasteiger partial charge on any atom is 0.146 e. The molecule has 0 radical (unpaired) electrons. The van der Waals surface area contributed by atoms with Crippen molar-refractivity contribution in [3.05, 3.63) is 41.5 Å². The lowest BCUT2D eigenvalue weighted by atomic mass is 9.95. The molecule has 1 saturated carbocycles. The Morgan fingerprint density at radius 3 is 2.81 bits per heavy atom. The maximum atomic E-state index is 9.69. The van der Waals surface area contributed by atoms with Crippen molar-refractivity contribution < 1.29 is 0 Å². The number of hydrogen-bond donors (Lipinski definition) is 0. The van der Waals surface area contributed by atoms with Gasteiger partial charge in [-0.2, -0.15) is 5.26 Å². The lowest BCUT2D eigenvalue weighted by Crippen LogP contribution is -2.40. The van der Waals surface area contributed by atoms with E-state index in [4.69, 9.17) is 4.98 Å². The summed E-state index contributed by atoms with van der Waals surface area (Å²) in [6.45, 7) is 1.85. The van der Waals surface area contributed by atoms with Gasteiger partial charge < -0.3 is 9.80 Å². The second-order valence-corrected chi connectivity index (χ2v) is 7.88. The molecular formula is C21H24N6. The van der Waals surface area contributed by atoms with Gasteiger partial charge in [-0.3, -0.25) is 0 Å². The second-order valence-electron chi connectivity index (χ2n) is 7.88. The Morgan fingerprint density at radius 1 is 1.15 bits per heavy atom. The van der Waals surface area contributed by atoms with E-state index in [1.807, 2.05) is 12.3 Å². The van der Waals surface area contributed by atoms with Crippen molar-refractivity contribution in [2.24, 2.45) is 0 Å². The van der Waals surface area contributed by atoms with Crippen LogP contribution in [0.2, 0.25) is 0 Å². The van der Waals surface area contributed by atoms with E-state index >= 15 is 0 Å². The summed E-state index contributed by atoms with van der Waals surface area (Å²) in [4.78, 5) is 18.3. The lowest BCUT2D eigenvalue weighted by molar-refractivity contribution is 0.624. The van der Waals surface area contributed by atoms with Crippen LogP contribution in [0.15, 0.2) is 24.7 Å². The fourth-order valence-corrected chi connectivity index (χ4v) is 4.57. The zero-order valence-electron chi connectivity index (χ0n) is 15.5. The molecule has 5 rings (SSSR count). The molecule has 6 nitrogen and oxygen atoms in total. The highest BCUT2D eigenvalue weighted by atomic mass is 15.3. The topological polar surface area (TPSA) is 68.9 Å². The van der Waals surface area contributed by atoms with E-state index in [1.165, 1.54) is 36.9 Å². The fourth-order valence-electron chi connectivity index (χ4n) is 4.57. The Bertz CT molecular complexity index is 870. The Morgan fingerprint density at radius 2 is 2.04 bits per heavy atom. The molecule has 3 aliphatic rings. The quantitative estimate of drug-likeness (QED) is 0.835. The molecule has 1 atom stereocenters. The molecule has 138 valence electrons. The van der Waals surface area contributed by atoms with Gasteiger partial charge in [-0.1, -0.05) is 0 Å². The van der Waals surface area contributed by atoms with Gasteiger partial charge in [-0.05, 0) is 62.6 Å². The predicted molar refractivity (Wildman–Crippen MR) is 104 cm³/mol. The SMILES string of the molecule is N#Cc1cc2c(nc1N1CCC(N(c3ccncn3)C3CC3)C1)CCCC2. The molecule has 1 aliphatic heterocycles. The molecule has 2 fully saturated rings. The van der Waals surface area contributed by atoms with Gasteiger partial charge in [-0.15, -0.1) is 0 Å². The summed E-state index contributed by atoms with van der Waals surface area (Å²) in [5.74, 6) is 1.91. The van der Waals surface area contributed by atoms with E-state index in [9.17, 15) is 5.26 Å². The van der Waals surface area contributed by atoms with Crippen LogP contribution in [0, 0.1) is 11.3 Å². The molecule has 6 heteroatoms. The van der Waals surface area contributed by atoms with Gasteiger partial charge in [-0.25, -0.2) is 15.0 Å². The first-order valence-corrected chi connectivity index (χ1v) is 10.1. The number of aromatic nitrogens is 3. The van der Waals surface area contributed by atoms with Gasteiger partial charge in [0.15, 0.2) is 0 Å². The highest BCUT2D eigenvalue weighted by Crippen LogP contribution is 2.36. The van der Waals surface area contributed by atoms with Crippen molar-refractivity contribution in [2.45, 2.75) is 57.0 Å². The maximum absolute atomic E-state index is 9.69. The van der Waals surface area contributed by atoms with E-state index < -0.39 is 0 Å². The standard InChI is InChI=1S/C21H24N6/c22-12-16-11-15-3-1-2-4-19(15)25-21(16)26-10-8-18(13-26)27(17-5-6-17)20-7-9-23-14-24-20/h7,9,11,14,17-18H,1-6,8,10,13H2. The summed E-state index contributed by atoms with van der Waals surface area (Å²) in [6.07, 6.45) is 11.5. The molecule has 1 unspecified atom stereocenters. The normalized spacial score (nSPS) is 21.6. The van der Waals surface area contributed by atoms with Gasteiger partial charge >= 0.3 is 0 Å². The van der Waals surface area contributed by atoms with E-state index in [2.05, 4.69) is 31.9 Å². The van der Waals surface area contributed by atoms with Crippen LogP contribution in [-0.4, -0.2) is 40.1 Å². The monoisotopic (exact) mass is 360 g/mol. The third-order valence-corrected chi connectivity index (χ3v) is 6.03. The molecule has 0 N–H and O–H groups in total. The predicted octanol–water partition coefficient (Wildman–Crippen LogP) is 2.87. The summed E-state index contributed by atoms with van der Waals surface area (Å²) >= 11 is 0. The summed E-state index contributed by atoms with van der Waals surface area (Å²) in [7, 11) is 0. The number of pyridine rings is 1. The van der Waals surface area contributed by atoms with Crippen molar-refractivity contribution in [2.75, 3.05) is 22.9 Å². The summed E-state index contributed by atoms with van der Waals surface area (Å²) in [6, 6.07) is 7.51. The number of nitriles is 1. The van der Waals surface area contributed by atoms with Crippen molar-refractivity contribution >= 4 is 11.6 Å². The van der Waals surface area contributed by atoms with E-state index in [0.717, 1.165) is 49.6 Å². The minimum atomic E-state index is 0.414. The molecule has 27 heavy (non-hydrogen) atoms. The van der Waals surface area contributed by atoms with Crippen LogP contribution in [0.3, 0.4) is 0 Å². The van der Waals surface area contributed by atoms with Crippen LogP contribution in [-0.2, 0) is 12.8 Å². The first kappa shape index (κ1) is 16.5. The Hall–Kier alpha value is -2.68. The Kier molecular flexibility index (Phi) is 4.16. The van der Waals surface area contributed by atoms with Gasteiger partial charge in [0, 0.05) is 37.1 Å². The van der Waals surface area contributed by atoms with Crippen LogP contribution in [0.5, 0.6) is 0 Å². The molecule has 2 aromatic heterocycles. The molecule has 1 saturated heterocycles. The van der Waals surface area contributed by atoms with Gasteiger partial charge in [0.1, 0.15) is 24.0 Å². The largest absolute Gasteiger partial charge is 0.353 e. The molecule has 2 aromatic rings. The van der Waals surface area contributed by atoms with Gasteiger partial charge in [0.05, 0.1) is 5.56 Å². The average molecular weight is 360 g/mol. The lowest BCUT2D eigenvalue weighted by Gasteiger charge is -2.30. The number of hydrogen-bond acceptors (Lipinski definition) is 6. The first-order chi connectivity index (χ1) is 13.3. The second kappa shape index (κ2) is 6.80. The van der Waals surface area contributed by atoms with Crippen LogP contribution >= 0.6 is 0 Å². The number of aryl methyl sites for hydroxylation is 2. The van der Waals surface area contributed by atoms with E-state index in [0.29, 0.717) is 12.1 Å². The van der Waals surface area contributed by atoms with Crippen LogP contribution in [0.1, 0.15) is 48.9 Å². The number of nitrogens with zero attached hydrogens (tertiary/aromatic N) is 6. The zero-order chi connectivity index (χ0) is 18.2. The molecule has 3 heterocycles. The molecular weight excluding hydrogens is 336 g/mol. The first-order valence-electron chi connectivity index (χ1n) is 10.1. The van der Waals surface area contributed by atoms with Crippen LogP contribution < -0.4 is 9.80 Å². The summed E-state index contributed by atoms with van der Waals surface area (Å²) in [5.41, 5.74) is 3.21. The summed E-state index contributed by atoms with van der Waals surface area (Å²) in [5, 5.41) is 9.69. The Labute approximate surface area is 159 Å². The van der Waals surface area contributed by atoms with Crippen molar-refractivity contribution in [3.63, 3.8) is 0 Å². The van der Waals surface area contributed by atoms with E-state index in [-0.39, 0.29) is 0 Å². The Balaban J connectivity index is 1.41. The minimum Gasteiger partial charge on any atom is -0.353 e. The smallest absolute Gasteiger partial charge is 0.146 e. The fraction of sp³-hybridized carbons (Fsp3) is 0.524. The number of fused-ring (bicyclic) bond motifs is 1. The third kappa shape index (κ3) is 3.12. The highest BCUT2D eigenvalue weighted by Gasteiger charge is 2.38. The highest BCUT2D eigenvalue weighted by molar-refractivity contribution is 5.58. The zero-order valence-corrected chi connectivity index (χ0v) is 15.5.